The molecule has 5 rings (SSSR count). The van der Waals surface area contributed by atoms with Gasteiger partial charge in [0.2, 0.25) is 0 Å². The Labute approximate surface area is 209 Å². The van der Waals surface area contributed by atoms with Crippen LogP contribution in [0.1, 0.15) is 48.1 Å². The number of ketones is 1. The number of fused-ring (bicyclic) bond motifs is 1. The fraction of sp³-hybridized carbons (Fsp3) is 0.200. The van der Waals surface area contributed by atoms with E-state index in [0.717, 1.165) is 27.6 Å². The molecule has 0 radical (unpaired) electrons. The van der Waals surface area contributed by atoms with Crippen LogP contribution in [0.3, 0.4) is 0 Å². The van der Waals surface area contributed by atoms with E-state index in [4.69, 9.17) is 4.74 Å². The lowest BCUT2D eigenvalue weighted by atomic mass is 9.94. The number of aromatic amines is 1. The number of hydrogen-bond donors (Lipinski definition) is 2. The summed E-state index contributed by atoms with van der Waals surface area (Å²) in [7, 11) is 1.51. The van der Waals surface area contributed by atoms with Gasteiger partial charge in [-0.2, -0.15) is 0 Å². The Balaban J connectivity index is 1.77. The van der Waals surface area contributed by atoms with Crippen molar-refractivity contribution in [2.24, 2.45) is 0 Å². The topological polar surface area (TPSA) is 82.6 Å². The number of nitrogens with zero attached hydrogens (tertiary/aromatic N) is 1. The molecule has 0 bridgehead atoms. The van der Waals surface area contributed by atoms with Crippen LogP contribution in [0.2, 0.25) is 0 Å². The van der Waals surface area contributed by atoms with E-state index in [1.807, 2.05) is 61.5 Å². The molecule has 0 saturated carbocycles. The minimum absolute atomic E-state index is 0.0292. The average molecular weight is 481 g/mol. The third-order valence-electron chi connectivity index (χ3n) is 6.81. The van der Waals surface area contributed by atoms with E-state index >= 15 is 0 Å². The van der Waals surface area contributed by atoms with E-state index in [-0.39, 0.29) is 11.3 Å². The first-order valence-electron chi connectivity index (χ1n) is 11.9. The molecule has 0 aliphatic carbocycles. The molecule has 182 valence electrons. The number of benzene rings is 3. The van der Waals surface area contributed by atoms with Crippen LogP contribution in [0, 0.1) is 6.92 Å². The maximum absolute atomic E-state index is 13.5. The Kier molecular flexibility index (Phi) is 5.88. The predicted molar refractivity (Wildman–Crippen MR) is 141 cm³/mol. The zero-order chi connectivity index (χ0) is 25.6. The first-order chi connectivity index (χ1) is 17.3. The van der Waals surface area contributed by atoms with Gasteiger partial charge < -0.3 is 14.8 Å². The Morgan fingerprint density at radius 1 is 1.03 bits per heavy atom. The first-order valence-corrected chi connectivity index (χ1v) is 11.9. The quantitative estimate of drug-likeness (QED) is 0.201. The number of ether oxygens (including phenoxy) is 1. The van der Waals surface area contributed by atoms with Crippen molar-refractivity contribution in [2.75, 3.05) is 12.0 Å². The lowest BCUT2D eigenvalue weighted by molar-refractivity contribution is -0.132. The molecule has 1 aromatic heterocycles. The highest BCUT2D eigenvalue weighted by atomic mass is 16.5. The van der Waals surface area contributed by atoms with Gasteiger partial charge in [-0.1, -0.05) is 55.8 Å². The third kappa shape index (κ3) is 3.75. The second-order valence-corrected chi connectivity index (χ2v) is 9.41. The van der Waals surface area contributed by atoms with Crippen LogP contribution in [-0.4, -0.2) is 28.9 Å². The number of aliphatic hydroxyl groups excluding tert-OH is 1. The van der Waals surface area contributed by atoms with Crippen LogP contribution in [-0.2, 0) is 9.59 Å². The zero-order valence-electron chi connectivity index (χ0n) is 20.7. The molecule has 3 aromatic carbocycles. The van der Waals surface area contributed by atoms with E-state index in [9.17, 15) is 14.7 Å². The molecular formula is C30H28N2O4. The van der Waals surface area contributed by atoms with Crippen LogP contribution in [0.15, 0.2) is 78.5 Å². The van der Waals surface area contributed by atoms with Crippen molar-refractivity contribution in [2.45, 2.75) is 32.7 Å². The van der Waals surface area contributed by atoms with Gasteiger partial charge in [0, 0.05) is 28.4 Å². The van der Waals surface area contributed by atoms with Crippen molar-refractivity contribution in [3.05, 3.63) is 101 Å². The van der Waals surface area contributed by atoms with E-state index < -0.39 is 17.7 Å². The fourth-order valence-electron chi connectivity index (χ4n) is 4.89. The number of carbonyl (C=O) groups is 2. The summed E-state index contributed by atoms with van der Waals surface area (Å²) in [4.78, 5) is 31.8. The van der Waals surface area contributed by atoms with E-state index in [0.29, 0.717) is 22.9 Å². The Morgan fingerprint density at radius 2 is 1.75 bits per heavy atom. The van der Waals surface area contributed by atoms with Crippen LogP contribution in [0.4, 0.5) is 5.69 Å². The van der Waals surface area contributed by atoms with E-state index in [1.54, 1.807) is 18.3 Å². The number of anilines is 1. The van der Waals surface area contributed by atoms with Crippen molar-refractivity contribution in [1.82, 2.24) is 4.98 Å². The van der Waals surface area contributed by atoms with Gasteiger partial charge >= 0.3 is 0 Å². The molecule has 1 atom stereocenters. The summed E-state index contributed by atoms with van der Waals surface area (Å²) in [5, 5.41) is 12.4. The summed E-state index contributed by atoms with van der Waals surface area (Å²) in [6.45, 7) is 6.09. The molecule has 1 aliphatic rings. The van der Waals surface area contributed by atoms with Gasteiger partial charge in [0.1, 0.15) is 11.5 Å². The monoisotopic (exact) mass is 480 g/mol. The SMILES string of the molecule is COc1ccc(C)cc1/C(O)=C1\C(=O)C(=O)N(c2ccc(C(C)C)cc2)C1c1c[nH]c2ccccc12. The fourth-order valence-corrected chi connectivity index (χ4v) is 4.89. The maximum atomic E-state index is 13.5. The Hall–Kier alpha value is -4.32. The molecular weight excluding hydrogens is 452 g/mol. The number of H-pyrrole nitrogens is 1. The first kappa shape index (κ1) is 23.4. The van der Waals surface area contributed by atoms with Gasteiger partial charge in [0.25, 0.3) is 11.7 Å². The number of methoxy groups -OCH3 is 1. The number of aromatic nitrogens is 1. The van der Waals surface area contributed by atoms with Crippen molar-refractivity contribution >= 4 is 34.0 Å². The van der Waals surface area contributed by atoms with E-state index in [1.165, 1.54) is 12.0 Å². The highest BCUT2D eigenvalue weighted by Gasteiger charge is 2.48. The number of para-hydroxylation sites is 1. The smallest absolute Gasteiger partial charge is 0.300 e. The number of aryl methyl sites for hydroxylation is 1. The number of aliphatic hydroxyl groups is 1. The molecule has 2 heterocycles. The molecule has 2 N–H and O–H groups in total. The van der Waals surface area contributed by atoms with Crippen LogP contribution in [0.5, 0.6) is 5.75 Å². The number of amides is 1. The number of rotatable bonds is 5. The number of hydrogen-bond acceptors (Lipinski definition) is 4. The molecule has 0 spiro atoms. The van der Waals surface area contributed by atoms with Crippen molar-refractivity contribution in [3.63, 3.8) is 0 Å². The number of carbonyl (C=O) groups excluding carboxylic acids is 2. The molecule has 1 aliphatic heterocycles. The molecule has 1 saturated heterocycles. The van der Waals surface area contributed by atoms with Gasteiger partial charge in [0.15, 0.2) is 0 Å². The molecule has 6 nitrogen and oxygen atoms in total. The summed E-state index contributed by atoms with van der Waals surface area (Å²) in [6, 6.07) is 19.9. The second-order valence-electron chi connectivity index (χ2n) is 9.41. The van der Waals surface area contributed by atoms with Crippen molar-refractivity contribution in [1.29, 1.82) is 0 Å². The van der Waals surface area contributed by atoms with Gasteiger partial charge in [-0.25, -0.2) is 0 Å². The molecule has 1 fully saturated rings. The van der Waals surface area contributed by atoms with Crippen molar-refractivity contribution in [3.8, 4) is 5.75 Å². The Morgan fingerprint density at radius 3 is 2.44 bits per heavy atom. The van der Waals surface area contributed by atoms with Gasteiger partial charge in [0.05, 0.1) is 24.3 Å². The van der Waals surface area contributed by atoms with Gasteiger partial charge in [-0.3, -0.25) is 14.5 Å². The lowest BCUT2D eigenvalue weighted by Crippen LogP contribution is -2.29. The molecule has 36 heavy (non-hydrogen) atoms. The van der Waals surface area contributed by atoms with Crippen LogP contribution >= 0.6 is 0 Å². The molecule has 1 unspecified atom stereocenters. The summed E-state index contributed by atoms with van der Waals surface area (Å²) >= 11 is 0. The van der Waals surface area contributed by atoms with E-state index in [2.05, 4.69) is 18.8 Å². The lowest BCUT2D eigenvalue weighted by Gasteiger charge is -2.25. The molecule has 6 heteroatoms. The van der Waals surface area contributed by atoms with Gasteiger partial charge in [-0.05, 0) is 48.7 Å². The molecule has 4 aromatic rings. The Bertz CT molecular complexity index is 1510. The third-order valence-corrected chi connectivity index (χ3v) is 6.81. The largest absolute Gasteiger partial charge is 0.507 e. The normalized spacial score (nSPS) is 17.4. The summed E-state index contributed by atoms with van der Waals surface area (Å²) in [5.74, 6) is -0.934. The molecule has 1 amide bonds. The van der Waals surface area contributed by atoms with Crippen molar-refractivity contribution < 1.29 is 19.4 Å². The average Bonchev–Trinajstić information content (AvgIpc) is 3.42. The maximum Gasteiger partial charge on any atom is 0.300 e. The van der Waals surface area contributed by atoms with Crippen LogP contribution < -0.4 is 9.64 Å². The van der Waals surface area contributed by atoms with Crippen LogP contribution in [0.25, 0.3) is 16.7 Å². The highest BCUT2D eigenvalue weighted by Crippen LogP contribution is 2.45. The summed E-state index contributed by atoms with van der Waals surface area (Å²) < 4.78 is 5.48. The minimum atomic E-state index is -0.823. The number of Topliss-reactive ketones (excluding diaryl/α,β-unsaturated/α-hetero) is 1. The standard InChI is InChI=1S/C30H28N2O4/c1-17(2)19-10-12-20(13-11-19)32-27(23-16-31-24-8-6-5-7-21(23)24)26(29(34)30(32)35)28(33)22-15-18(3)9-14-25(22)36-4/h5-17,27,31,33H,1-4H3/b28-26+. The summed E-state index contributed by atoms with van der Waals surface area (Å²) in [5.41, 5.74) is 4.61. The van der Waals surface area contributed by atoms with Gasteiger partial charge in [-0.15, -0.1) is 0 Å². The minimum Gasteiger partial charge on any atom is -0.507 e. The predicted octanol–water partition coefficient (Wildman–Crippen LogP) is 6.23. The highest BCUT2D eigenvalue weighted by molar-refractivity contribution is 6.52. The summed E-state index contributed by atoms with van der Waals surface area (Å²) in [6.07, 6.45) is 1.80. The zero-order valence-corrected chi connectivity index (χ0v) is 20.7. The number of nitrogens with one attached hydrogen (secondary N) is 1. The second kappa shape index (κ2) is 9.04.